The molecule has 0 saturated carbocycles. The molecule has 0 radical (unpaired) electrons. The molecule has 1 aromatic carbocycles. The van der Waals surface area contributed by atoms with Crippen molar-refractivity contribution in [1.29, 1.82) is 0 Å². The van der Waals surface area contributed by atoms with Crippen LogP contribution in [-0.2, 0) is 11.3 Å². The molecule has 0 unspecified atom stereocenters. The maximum absolute atomic E-state index is 11.3. The summed E-state index contributed by atoms with van der Waals surface area (Å²) in [4.78, 5) is 19.0. The van der Waals surface area contributed by atoms with Gasteiger partial charge in [0, 0.05) is 19.7 Å². The van der Waals surface area contributed by atoms with E-state index in [-0.39, 0.29) is 29.4 Å². The Bertz CT molecular complexity index is 775. The summed E-state index contributed by atoms with van der Waals surface area (Å²) in [6.07, 6.45) is 1.93. The molecule has 1 aliphatic rings. The summed E-state index contributed by atoms with van der Waals surface area (Å²) in [5, 5.41) is 17.4. The zero-order valence-electron chi connectivity index (χ0n) is 14.6. The van der Waals surface area contributed by atoms with Gasteiger partial charge >= 0.3 is 5.69 Å². The first kappa shape index (κ1) is 17.9. The minimum atomic E-state index is -0.572. The summed E-state index contributed by atoms with van der Waals surface area (Å²) in [7, 11) is 0. The number of aryl methyl sites for hydroxylation is 1. The fourth-order valence-corrected chi connectivity index (χ4v) is 2.76. The Balaban J connectivity index is 1.74. The first-order valence-electron chi connectivity index (χ1n) is 8.49. The molecule has 1 atom stereocenters. The molecule has 3 rings (SSSR count). The van der Waals surface area contributed by atoms with Crippen molar-refractivity contribution in [3.05, 3.63) is 45.5 Å². The van der Waals surface area contributed by atoms with Crippen LogP contribution in [0.5, 0.6) is 0 Å². The molecular formula is C17H22N6O3. The van der Waals surface area contributed by atoms with Gasteiger partial charge in [0.05, 0.1) is 11.0 Å². The average Bonchev–Trinajstić information content (AvgIpc) is 3.12. The SMILES string of the molecule is Cc1ccc(CNc2nc(N)c([N+](=O)[O-])c(NC[C@@H]3CCCO3)n2)cc1. The predicted molar refractivity (Wildman–Crippen MR) is 99.1 cm³/mol. The van der Waals surface area contributed by atoms with Crippen LogP contribution in [0.1, 0.15) is 24.0 Å². The molecule has 1 aromatic heterocycles. The highest BCUT2D eigenvalue weighted by Gasteiger charge is 2.24. The number of rotatable bonds is 7. The smallest absolute Gasteiger partial charge is 0.353 e. The van der Waals surface area contributed by atoms with E-state index in [1.165, 1.54) is 5.56 Å². The summed E-state index contributed by atoms with van der Waals surface area (Å²) < 4.78 is 5.53. The van der Waals surface area contributed by atoms with Gasteiger partial charge in [0.25, 0.3) is 0 Å². The number of hydrogen-bond donors (Lipinski definition) is 3. The van der Waals surface area contributed by atoms with Gasteiger partial charge < -0.3 is 21.1 Å². The average molecular weight is 358 g/mol. The molecule has 1 saturated heterocycles. The fraction of sp³-hybridized carbons (Fsp3) is 0.412. The first-order chi connectivity index (χ1) is 12.5. The van der Waals surface area contributed by atoms with E-state index < -0.39 is 4.92 Å². The van der Waals surface area contributed by atoms with Crippen molar-refractivity contribution in [1.82, 2.24) is 9.97 Å². The van der Waals surface area contributed by atoms with Gasteiger partial charge in [0.15, 0.2) is 0 Å². The third-order valence-electron chi connectivity index (χ3n) is 4.19. The van der Waals surface area contributed by atoms with Crippen LogP contribution in [-0.4, -0.2) is 34.1 Å². The lowest BCUT2D eigenvalue weighted by Crippen LogP contribution is -2.20. The third-order valence-corrected chi connectivity index (χ3v) is 4.19. The number of ether oxygens (including phenoxy) is 1. The van der Waals surface area contributed by atoms with Gasteiger partial charge in [-0.25, -0.2) is 0 Å². The van der Waals surface area contributed by atoms with Gasteiger partial charge in [-0.05, 0) is 25.3 Å². The lowest BCUT2D eigenvalue weighted by molar-refractivity contribution is -0.383. The zero-order valence-corrected chi connectivity index (χ0v) is 14.6. The van der Waals surface area contributed by atoms with Crippen LogP contribution in [0, 0.1) is 17.0 Å². The van der Waals surface area contributed by atoms with Crippen LogP contribution >= 0.6 is 0 Å². The van der Waals surface area contributed by atoms with Gasteiger partial charge in [0.2, 0.25) is 17.6 Å². The summed E-state index contributed by atoms with van der Waals surface area (Å²) in [6.45, 7) is 3.66. The van der Waals surface area contributed by atoms with E-state index in [1.807, 2.05) is 31.2 Å². The van der Waals surface area contributed by atoms with Gasteiger partial charge in [-0.3, -0.25) is 10.1 Å². The fourth-order valence-electron chi connectivity index (χ4n) is 2.76. The lowest BCUT2D eigenvalue weighted by atomic mass is 10.1. The Labute approximate surface area is 151 Å². The second kappa shape index (κ2) is 7.96. The molecule has 1 fully saturated rings. The first-order valence-corrected chi connectivity index (χ1v) is 8.49. The van der Waals surface area contributed by atoms with Crippen LogP contribution in [0.4, 0.5) is 23.3 Å². The number of nitrogens with one attached hydrogen (secondary N) is 2. The van der Waals surface area contributed by atoms with Crippen LogP contribution < -0.4 is 16.4 Å². The largest absolute Gasteiger partial charge is 0.378 e. The third kappa shape index (κ3) is 4.37. The molecule has 1 aliphatic heterocycles. The molecule has 0 amide bonds. The second-order valence-electron chi connectivity index (χ2n) is 6.24. The lowest BCUT2D eigenvalue weighted by Gasteiger charge is -2.13. The number of benzene rings is 1. The summed E-state index contributed by atoms with van der Waals surface area (Å²) in [5.74, 6) is 0.166. The molecule has 0 spiro atoms. The van der Waals surface area contributed by atoms with Crippen LogP contribution in [0.3, 0.4) is 0 Å². The Morgan fingerprint density at radius 3 is 2.73 bits per heavy atom. The quantitative estimate of drug-likeness (QED) is 0.508. The molecule has 9 heteroatoms. The van der Waals surface area contributed by atoms with Crippen molar-refractivity contribution in [2.45, 2.75) is 32.4 Å². The van der Waals surface area contributed by atoms with Gasteiger partial charge in [-0.1, -0.05) is 29.8 Å². The molecule has 26 heavy (non-hydrogen) atoms. The van der Waals surface area contributed by atoms with E-state index in [4.69, 9.17) is 10.5 Å². The maximum atomic E-state index is 11.3. The number of nitrogens with zero attached hydrogens (tertiary/aromatic N) is 3. The van der Waals surface area contributed by atoms with E-state index in [0.29, 0.717) is 19.7 Å². The normalized spacial score (nSPS) is 16.4. The second-order valence-corrected chi connectivity index (χ2v) is 6.24. The van der Waals surface area contributed by atoms with Crippen LogP contribution in [0.25, 0.3) is 0 Å². The molecular weight excluding hydrogens is 336 g/mol. The molecule has 138 valence electrons. The molecule has 0 aliphatic carbocycles. The van der Waals surface area contributed by atoms with Gasteiger partial charge in [-0.15, -0.1) is 0 Å². The van der Waals surface area contributed by atoms with Crippen molar-refractivity contribution in [2.75, 3.05) is 29.5 Å². The number of nitrogen functional groups attached to an aromatic ring is 1. The number of nitro groups is 1. The predicted octanol–water partition coefficient (Wildman–Crippen LogP) is 2.48. The highest BCUT2D eigenvalue weighted by Crippen LogP contribution is 2.29. The number of aromatic nitrogens is 2. The van der Waals surface area contributed by atoms with E-state index in [9.17, 15) is 10.1 Å². The van der Waals surface area contributed by atoms with Crippen molar-refractivity contribution in [3.63, 3.8) is 0 Å². The minimum absolute atomic E-state index is 0.0229. The highest BCUT2D eigenvalue weighted by molar-refractivity contribution is 5.69. The minimum Gasteiger partial charge on any atom is -0.378 e. The van der Waals surface area contributed by atoms with Gasteiger partial charge in [0.1, 0.15) is 0 Å². The number of anilines is 3. The molecule has 4 N–H and O–H groups in total. The molecule has 9 nitrogen and oxygen atoms in total. The molecule has 0 bridgehead atoms. The standard InChI is InChI=1S/C17H22N6O3/c1-11-4-6-12(7-5-11)9-20-17-21-15(18)14(23(24)25)16(22-17)19-10-13-3-2-8-26-13/h4-7,13H,2-3,8-10H2,1H3,(H4,18,19,20,21,22)/t13-/m0/s1. The Morgan fingerprint density at radius 1 is 1.31 bits per heavy atom. The summed E-state index contributed by atoms with van der Waals surface area (Å²) in [6, 6.07) is 8.01. The summed E-state index contributed by atoms with van der Waals surface area (Å²) >= 11 is 0. The van der Waals surface area contributed by atoms with E-state index in [2.05, 4.69) is 20.6 Å². The van der Waals surface area contributed by atoms with Crippen LogP contribution in [0.15, 0.2) is 24.3 Å². The summed E-state index contributed by atoms with van der Waals surface area (Å²) in [5.41, 5.74) is 7.69. The maximum Gasteiger partial charge on any atom is 0.353 e. The Hall–Kier alpha value is -2.94. The van der Waals surface area contributed by atoms with Crippen molar-refractivity contribution >= 4 is 23.3 Å². The Kier molecular flexibility index (Phi) is 5.47. The van der Waals surface area contributed by atoms with Crippen molar-refractivity contribution in [3.8, 4) is 0 Å². The zero-order chi connectivity index (χ0) is 18.5. The topological polar surface area (TPSA) is 128 Å². The van der Waals surface area contributed by atoms with E-state index in [0.717, 1.165) is 18.4 Å². The van der Waals surface area contributed by atoms with Gasteiger partial charge in [-0.2, -0.15) is 9.97 Å². The highest BCUT2D eigenvalue weighted by atomic mass is 16.6. The number of nitrogens with two attached hydrogens (primary N) is 1. The Morgan fingerprint density at radius 2 is 2.08 bits per heavy atom. The number of hydrogen-bond acceptors (Lipinski definition) is 8. The monoisotopic (exact) mass is 358 g/mol. The van der Waals surface area contributed by atoms with E-state index >= 15 is 0 Å². The van der Waals surface area contributed by atoms with Crippen molar-refractivity contribution < 1.29 is 9.66 Å². The van der Waals surface area contributed by atoms with Crippen LogP contribution in [0.2, 0.25) is 0 Å². The molecule has 2 aromatic rings. The van der Waals surface area contributed by atoms with Crippen molar-refractivity contribution in [2.24, 2.45) is 0 Å². The molecule has 2 heterocycles. The van der Waals surface area contributed by atoms with E-state index in [1.54, 1.807) is 0 Å².